The fourth-order valence-corrected chi connectivity index (χ4v) is 4.83. The Balaban J connectivity index is 1.49. The van der Waals surface area contributed by atoms with Crippen LogP contribution in [-0.2, 0) is 9.53 Å². The Labute approximate surface area is 181 Å². The molecule has 5 rings (SSSR count). The van der Waals surface area contributed by atoms with E-state index in [1.54, 1.807) is 31.4 Å². The van der Waals surface area contributed by atoms with E-state index in [0.29, 0.717) is 23.2 Å². The van der Waals surface area contributed by atoms with Crippen molar-refractivity contribution in [3.63, 3.8) is 0 Å². The van der Waals surface area contributed by atoms with Crippen LogP contribution in [0.5, 0.6) is 0 Å². The fourth-order valence-electron chi connectivity index (χ4n) is 4.83. The van der Waals surface area contributed by atoms with Crippen LogP contribution in [0.2, 0.25) is 0 Å². The van der Waals surface area contributed by atoms with E-state index in [9.17, 15) is 14.4 Å². The lowest BCUT2D eigenvalue weighted by Crippen LogP contribution is -2.50. The summed E-state index contributed by atoms with van der Waals surface area (Å²) in [5.74, 6) is -0.681. The molecule has 164 valence electrons. The number of ketones is 2. The monoisotopic (exact) mass is 424 g/mol. The molecular formula is C23H28N4O4. The second-order valence-corrected chi connectivity index (χ2v) is 8.81. The summed E-state index contributed by atoms with van der Waals surface area (Å²) in [6.07, 6.45) is 2.96. The van der Waals surface area contributed by atoms with E-state index < -0.39 is 0 Å². The van der Waals surface area contributed by atoms with Gasteiger partial charge < -0.3 is 20.3 Å². The molecule has 1 saturated carbocycles. The molecule has 2 aliphatic heterocycles. The number of piperazine rings is 1. The number of hydrogen-bond acceptors (Lipinski definition) is 7. The predicted octanol–water partition coefficient (Wildman–Crippen LogP) is 0.550. The van der Waals surface area contributed by atoms with Gasteiger partial charge in [0, 0.05) is 56.0 Å². The van der Waals surface area contributed by atoms with Crippen molar-refractivity contribution in [2.24, 2.45) is 0 Å². The summed E-state index contributed by atoms with van der Waals surface area (Å²) in [5.41, 5.74) is 1.16. The van der Waals surface area contributed by atoms with Crippen molar-refractivity contribution in [3.8, 4) is 0 Å². The lowest BCUT2D eigenvalue weighted by Gasteiger charge is -2.33. The van der Waals surface area contributed by atoms with Gasteiger partial charge in [-0.3, -0.25) is 19.3 Å². The van der Waals surface area contributed by atoms with Crippen molar-refractivity contribution in [2.75, 3.05) is 39.9 Å². The minimum Gasteiger partial charge on any atom is -0.383 e. The molecule has 0 spiro atoms. The zero-order valence-electron chi connectivity index (χ0n) is 17.7. The zero-order valence-corrected chi connectivity index (χ0v) is 17.7. The van der Waals surface area contributed by atoms with E-state index in [1.165, 1.54) is 4.90 Å². The highest BCUT2D eigenvalue weighted by Crippen LogP contribution is 2.31. The molecule has 1 aromatic carbocycles. The standard InChI is InChI=1S/C23H28N4O4/c1-31-9-8-27(19(28)13-26-12-15-10-16(26)11-24-15)21-20(25-14-6-7-14)22(29)17-4-2-3-5-18(17)23(21)30/h2-5,14-16,24-25H,6-13H2,1H3/t15-,16+/m1/s1. The van der Waals surface area contributed by atoms with Gasteiger partial charge in [0.2, 0.25) is 17.5 Å². The first-order valence-electron chi connectivity index (χ1n) is 11.0. The highest BCUT2D eigenvalue weighted by Gasteiger charge is 2.42. The minimum absolute atomic E-state index is 0.167. The quantitative estimate of drug-likeness (QED) is 0.630. The minimum atomic E-state index is -0.285. The van der Waals surface area contributed by atoms with Crippen LogP contribution in [0.4, 0.5) is 0 Å². The molecule has 2 aliphatic carbocycles. The largest absolute Gasteiger partial charge is 0.383 e. The maximum atomic E-state index is 13.5. The molecule has 2 saturated heterocycles. The van der Waals surface area contributed by atoms with Crippen molar-refractivity contribution in [1.29, 1.82) is 0 Å². The molecule has 0 radical (unpaired) electrons. The van der Waals surface area contributed by atoms with Crippen LogP contribution in [0.3, 0.4) is 0 Å². The number of rotatable bonds is 8. The number of Topliss-reactive ketones (excluding diaryl/α,β-unsaturated/α-hetero) is 2. The van der Waals surface area contributed by atoms with Crippen LogP contribution >= 0.6 is 0 Å². The van der Waals surface area contributed by atoms with Crippen molar-refractivity contribution >= 4 is 17.5 Å². The maximum absolute atomic E-state index is 13.5. The molecule has 3 fully saturated rings. The van der Waals surface area contributed by atoms with E-state index in [0.717, 1.165) is 32.4 Å². The molecule has 4 aliphatic rings. The number of likely N-dealkylation sites (tertiary alicyclic amines) is 1. The van der Waals surface area contributed by atoms with E-state index in [-0.39, 0.29) is 54.6 Å². The molecule has 1 amide bonds. The van der Waals surface area contributed by atoms with Gasteiger partial charge in [0.25, 0.3) is 0 Å². The normalized spacial score (nSPS) is 25.2. The molecule has 0 aromatic heterocycles. The van der Waals surface area contributed by atoms with Gasteiger partial charge in [0.05, 0.1) is 13.2 Å². The maximum Gasteiger partial charge on any atom is 0.241 e. The number of carbonyl (C=O) groups excluding carboxylic acids is 3. The SMILES string of the molecule is COCCN(C(=O)CN1C[C@H]2C[C@H]1CN2)C1=C(NC2CC2)C(=O)c2ccccc2C1=O. The topological polar surface area (TPSA) is 91.0 Å². The predicted molar refractivity (Wildman–Crippen MR) is 114 cm³/mol. The van der Waals surface area contributed by atoms with E-state index in [4.69, 9.17) is 4.74 Å². The Morgan fingerprint density at radius 2 is 1.97 bits per heavy atom. The Morgan fingerprint density at radius 3 is 2.58 bits per heavy atom. The number of methoxy groups -OCH3 is 1. The average molecular weight is 425 g/mol. The molecular weight excluding hydrogens is 396 g/mol. The first-order chi connectivity index (χ1) is 15.1. The van der Waals surface area contributed by atoms with Crippen molar-refractivity contribution < 1.29 is 19.1 Å². The van der Waals surface area contributed by atoms with Gasteiger partial charge in [-0.05, 0) is 19.3 Å². The number of fused-ring (bicyclic) bond motifs is 3. The highest BCUT2D eigenvalue weighted by atomic mass is 16.5. The summed E-state index contributed by atoms with van der Waals surface area (Å²) in [6, 6.07) is 7.79. The first kappa shape index (κ1) is 20.4. The van der Waals surface area contributed by atoms with Crippen molar-refractivity contribution in [2.45, 2.75) is 37.4 Å². The second kappa shape index (κ2) is 8.18. The Hall–Kier alpha value is -2.55. The fraction of sp³-hybridized carbons (Fsp3) is 0.522. The summed E-state index contributed by atoms with van der Waals surface area (Å²) in [4.78, 5) is 44.0. The number of nitrogens with one attached hydrogen (secondary N) is 2. The first-order valence-corrected chi connectivity index (χ1v) is 11.0. The van der Waals surface area contributed by atoms with Crippen LogP contribution in [0.15, 0.2) is 35.7 Å². The number of amides is 1. The Kier molecular flexibility index (Phi) is 5.37. The summed E-state index contributed by atoms with van der Waals surface area (Å²) in [7, 11) is 1.56. The van der Waals surface area contributed by atoms with E-state index in [1.807, 2.05) is 0 Å². The second-order valence-electron chi connectivity index (χ2n) is 8.81. The highest BCUT2D eigenvalue weighted by molar-refractivity contribution is 6.27. The molecule has 2 bridgehead atoms. The Bertz CT molecular complexity index is 955. The van der Waals surface area contributed by atoms with E-state index >= 15 is 0 Å². The van der Waals surface area contributed by atoms with Gasteiger partial charge in [-0.1, -0.05) is 24.3 Å². The van der Waals surface area contributed by atoms with Crippen LogP contribution < -0.4 is 10.6 Å². The third-order valence-corrected chi connectivity index (χ3v) is 6.62. The van der Waals surface area contributed by atoms with Gasteiger partial charge in [-0.2, -0.15) is 0 Å². The molecule has 8 heteroatoms. The van der Waals surface area contributed by atoms with Gasteiger partial charge in [0.15, 0.2) is 0 Å². The lowest BCUT2D eigenvalue weighted by atomic mass is 9.89. The van der Waals surface area contributed by atoms with Crippen molar-refractivity contribution in [1.82, 2.24) is 20.4 Å². The lowest BCUT2D eigenvalue weighted by molar-refractivity contribution is -0.131. The third kappa shape index (κ3) is 3.79. The molecule has 1 aromatic rings. The average Bonchev–Trinajstić information content (AvgIpc) is 3.35. The van der Waals surface area contributed by atoms with Gasteiger partial charge in [-0.15, -0.1) is 0 Å². The number of hydrogen-bond donors (Lipinski definition) is 2. The smallest absolute Gasteiger partial charge is 0.241 e. The zero-order chi connectivity index (χ0) is 21.5. The molecule has 2 heterocycles. The molecule has 0 unspecified atom stereocenters. The van der Waals surface area contributed by atoms with Gasteiger partial charge >= 0.3 is 0 Å². The Morgan fingerprint density at radius 1 is 1.23 bits per heavy atom. The number of carbonyl (C=O) groups is 3. The number of nitrogens with zero attached hydrogens (tertiary/aromatic N) is 2. The third-order valence-electron chi connectivity index (χ3n) is 6.62. The summed E-state index contributed by atoms with van der Waals surface area (Å²) >= 11 is 0. The van der Waals surface area contributed by atoms with Crippen LogP contribution in [0.1, 0.15) is 40.0 Å². The summed E-state index contributed by atoms with van der Waals surface area (Å²) < 4.78 is 5.24. The summed E-state index contributed by atoms with van der Waals surface area (Å²) in [5, 5.41) is 6.69. The number of ether oxygens (including phenoxy) is 1. The number of allylic oxidation sites excluding steroid dienone is 2. The van der Waals surface area contributed by atoms with Crippen molar-refractivity contribution in [3.05, 3.63) is 46.8 Å². The van der Waals surface area contributed by atoms with E-state index in [2.05, 4.69) is 15.5 Å². The molecule has 8 nitrogen and oxygen atoms in total. The molecule has 31 heavy (non-hydrogen) atoms. The van der Waals surface area contributed by atoms with Gasteiger partial charge in [-0.25, -0.2) is 0 Å². The van der Waals surface area contributed by atoms with Gasteiger partial charge in [0.1, 0.15) is 11.4 Å². The molecule has 2 atom stereocenters. The summed E-state index contributed by atoms with van der Waals surface area (Å²) in [6.45, 7) is 2.45. The van der Waals surface area contributed by atoms with Crippen LogP contribution in [-0.4, -0.2) is 85.3 Å². The van der Waals surface area contributed by atoms with Crippen LogP contribution in [0, 0.1) is 0 Å². The van der Waals surface area contributed by atoms with Crippen LogP contribution in [0.25, 0.3) is 0 Å². The number of benzene rings is 1. The molecule has 2 N–H and O–H groups in total.